The van der Waals surface area contributed by atoms with Gasteiger partial charge in [-0.15, -0.1) is 0 Å². The van der Waals surface area contributed by atoms with Crippen LogP contribution < -0.4 is 0 Å². The average molecular weight is 208 g/mol. The normalized spacial score (nSPS) is 8.87. The van der Waals surface area contributed by atoms with Crippen LogP contribution in [0.5, 0.6) is 17.2 Å². The topological polar surface area (TPSA) is 87.0 Å². The minimum absolute atomic E-state index is 0.0238. The molecule has 0 atom stereocenters. The van der Waals surface area contributed by atoms with Crippen molar-refractivity contribution in [2.75, 3.05) is 7.11 Å². The fraction of sp³-hybridized carbons (Fsp3) is 0.100. The van der Waals surface area contributed by atoms with Crippen LogP contribution in [0.4, 0.5) is 0 Å². The lowest BCUT2D eigenvalue weighted by molar-refractivity contribution is -0.133. The SMILES string of the molecule is COC(=O)C#Cc1cc(O)c(O)cc1O. The maximum atomic E-state index is 10.7. The van der Waals surface area contributed by atoms with E-state index in [0.717, 1.165) is 12.1 Å². The standard InChI is InChI=1S/C10H8O5/c1-15-10(14)3-2-6-4-8(12)9(13)5-7(6)11/h4-5,11-13H,1H3. The van der Waals surface area contributed by atoms with Crippen molar-refractivity contribution < 1.29 is 24.9 Å². The minimum Gasteiger partial charge on any atom is -0.507 e. The van der Waals surface area contributed by atoms with Crippen LogP contribution in [-0.4, -0.2) is 28.4 Å². The van der Waals surface area contributed by atoms with E-state index < -0.39 is 17.5 Å². The van der Waals surface area contributed by atoms with E-state index in [1.807, 2.05) is 0 Å². The molecule has 0 aliphatic carbocycles. The molecular weight excluding hydrogens is 200 g/mol. The van der Waals surface area contributed by atoms with Crippen molar-refractivity contribution in [1.29, 1.82) is 0 Å². The first kappa shape index (κ1) is 10.7. The Kier molecular flexibility index (Phi) is 3.03. The van der Waals surface area contributed by atoms with Gasteiger partial charge in [-0.3, -0.25) is 0 Å². The minimum atomic E-state index is -0.762. The molecule has 0 aromatic heterocycles. The Morgan fingerprint density at radius 3 is 2.40 bits per heavy atom. The Morgan fingerprint density at radius 2 is 1.80 bits per heavy atom. The summed E-state index contributed by atoms with van der Waals surface area (Å²) in [4.78, 5) is 10.7. The zero-order valence-corrected chi connectivity index (χ0v) is 7.81. The number of hydrogen-bond acceptors (Lipinski definition) is 5. The van der Waals surface area contributed by atoms with Crippen molar-refractivity contribution in [2.24, 2.45) is 0 Å². The van der Waals surface area contributed by atoms with Crippen molar-refractivity contribution in [3.63, 3.8) is 0 Å². The lowest BCUT2D eigenvalue weighted by Gasteiger charge is -2.00. The van der Waals surface area contributed by atoms with E-state index in [2.05, 4.69) is 16.6 Å². The largest absolute Gasteiger partial charge is 0.507 e. The molecule has 0 fully saturated rings. The molecule has 0 radical (unpaired) electrons. The Morgan fingerprint density at radius 1 is 1.20 bits per heavy atom. The van der Waals surface area contributed by atoms with E-state index in [4.69, 9.17) is 10.2 Å². The molecule has 0 saturated carbocycles. The molecule has 15 heavy (non-hydrogen) atoms. The summed E-state index contributed by atoms with van der Waals surface area (Å²) in [6, 6.07) is 1.97. The van der Waals surface area contributed by atoms with Crippen LogP contribution in [0.15, 0.2) is 12.1 Å². The Hall–Kier alpha value is -2.35. The summed E-state index contributed by atoms with van der Waals surface area (Å²) in [5, 5.41) is 27.4. The van der Waals surface area contributed by atoms with Crippen LogP contribution >= 0.6 is 0 Å². The van der Waals surface area contributed by atoms with E-state index in [1.165, 1.54) is 7.11 Å². The number of carbonyl (C=O) groups is 1. The molecule has 78 valence electrons. The van der Waals surface area contributed by atoms with Crippen LogP contribution in [0.2, 0.25) is 0 Å². The third kappa shape index (κ3) is 2.54. The van der Waals surface area contributed by atoms with Crippen LogP contribution in [0.1, 0.15) is 5.56 Å². The number of esters is 1. The molecule has 0 aliphatic rings. The maximum Gasteiger partial charge on any atom is 0.384 e. The van der Waals surface area contributed by atoms with Gasteiger partial charge in [0.1, 0.15) is 5.75 Å². The summed E-state index contributed by atoms with van der Waals surface area (Å²) in [7, 11) is 1.17. The molecular formula is C10H8O5. The zero-order valence-electron chi connectivity index (χ0n) is 7.81. The molecule has 0 unspecified atom stereocenters. The highest BCUT2D eigenvalue weighted by molar-refractivity contribution is 5.89. The van der Waals surface area contributed by atoms with E-state index in [9.17, 15) is 9.90 Å². The number of hydrogen-bond donors (Lipinski definition) is 3. The fourth-order valence-electron chi connectivity index (χ4n) is 0.835. The number of aromatic hydroxyl groups is 3. The number of phenolic OH excluding ortho intramolecular Hbond substituents is 3. The van der Waals surface area contributed by atoms with Crippen LogP contribution in [0.3, 0.4) is 0 Å². The maximum absolute atomic E-state index is 10.7. The second-order valence-electron chi connectivity index (χ2n) is 2.60. The lowest BCUT2D eigenvalue weighted by Crippen LogP contribution is -1.94. The van der Waals surface area contributed by atoms with Gasteiger partial charge in [-0.2, -0.15) is 0 Å². The molecule has 5 nitrogen and oxygen atoms in total. The van der Waals surface area contributed by atoms with Crippen LogP contribution in [0.25, 0.3) is 0 Å². The van der Waals surface area contributed by atoms with Crippen molar-refractivity contribution in [3.05, 3.63) is 17.7 Å². The van der Waals surface area contributed by atoms with Crippen molar-refractivity contribution >= 4 is 5.97 Å². The number of phenols is 3. The predicted octanol–water partition coefficient (Wildman–Crippen LogP) is 0.328. The molecule has 3 N–H and O–H groups in total. The van der Waals surface area contributed by atoms with Crippen molar-refractivity contribution in [3.8, 4) is 29.1 Å². The van der Waals surface area contributed by atoms with Gasteiger partial charge >= 0.3 is 5.97 Å². The predicted molar refractivity (Wildman–Crippen MR) is 50.3 cm³/mol. The highest BCUT2D eigenvalue weighted by atomic mass is 16.5. The number of carbonyl (C=O) groups excluding carboxylic acids is 1. The zero-order chi connectivity index (χ0) is 11.4. The van der Waals surface area contributed by atoms with Crippen LogP contribution in [0, 0.1) is 11.8 Å². The van der Waals surface area contributed by atoms with Gasteiger partial charge in [0.2, 0.25) is 0 Å². The molecule has 0 spiro atoms. The lowest BCUT2D eigenvalue weighted by atomic mass is 10.2. The number of rotatable bonds is 0. The molecule has 0 saturated heterocycles. The number of ether oxygens (including phenoxy) is 1. The Balaban J connectivity index is 3.09. The molecule has 1 rings (SSSR count). The first-order valence-electron chi connectivity index (χ1n) is 3.89. The molecule has 0 aliphatic heterocycles. The first-order valence-corrected chi connectivity index (χ1v) is 3.89. The molecule has 0 heterocycles. The van der Waals surface area contributed by atoms with Gasteiger partial charge in [-0.25, -0.2) is 4.79 Å². The first-order chi connectivity index (χ1) is 7.04. The van der Waals surface area contributed by atoms with Crippen LogP contribution in [-0.2, 0) is 9.53 Å². The van der Waals surface area contributed by atoms with Gasteiger partial charge in [-0.1, -0.05) is 5.92 Å². The van der Waals surface area contributed by atoms with E-state index in [0.29, 0.717) is 0 Å². The monoisotopic (exact) mass is 208 g/mol. The summed E-state index contributed by atoms with van der Waals surface area (Å²) in [6.07, 6.45) is 0. The van der Waals surface area contributed by atoms with E-state index in [1.54, 1.807) is 0 Å². The van der Waals surface area contributed by atoms with Gasteiger partial charge < -0.3 is 20.1 Å². The average Bonchev–Trinajstić information content (AvgIpc) is 2.21. The highest BCUT2D eigenvalue weighted by Crippen LogP contribution is 2.31. The van der Waals surface area contributed by atoms with Gasteiger partial charge in [-0.05, 0) is 0 Å². The van der Waals surface area contributed by atoms with Gasteiger partial charge in [0.15, 0.2) is 11.5 Å². The van der Waals surface area contributed by atoms with Gasteiger partial charge in [0.05, 0.1) is 12.7 Å². The van der Waals surface area contributed by atoms with E-state index >= 15 is 0 Å². The van der Waals surface area contributed by atoms with Gasteiger partial charge in [0, 0.05) is 18.1 Å². The molecule has 5 heteroatoms. The summed E-state index contributed by atoms with van der Waals surface area (Å²) < 4.78 is 4.26. The second-order valence-corrected chi connectivity index (χ2v) is 2.60. The Bertz CT molecular complexity index is 453. The summed E-state index contributed by atoms with van der Waals surface area (Å²) in [6.45, 7) is 0. The summed E-state index contributed by atoms with van der Waals surface area (Å²) in [5.74, 6) is 2.37. The highest BCUT2D eigenvalue weighted by Gasteiger charge is 2.05. The van der Waals surface area contributed by atoms with E-state index in [-0.39, 0.29) is 11.3 Å². The fourth-order valence-corrected chi connectivity index (χ4v) is 0.835. The van der Waals surface area contributed by atoms with Crippen molar-refractivity contribution in [1.82, 2.24) is 0 Å². The third-order valence-electron chi connectivity index (χ3n) is 1.58. The number of benzene rings is 1. The number of methoxy groups -OCH3 is 1. The molecule has 1 aromatic rings. The molecule has 0 bridgehead atoms. The molecule has 0 amide bonds. The molecule has 1 aromatic carbocycles. The third-order valence-corrected chi connectivity index (χ3v) is 1.58. The Labute approximate surface area is 85.5 Å². The summed E-state index contributed by atoms with van der Waals surface area (Å²) in [5.41, 5.74) is 0.0238. The quantitative estimate of drug-likeness (QED) is 0.247. The summed E-state index contributed by atoms with van der Waals surface area (Å²) >= 11 is 0. The smallest absolute Gasteiger partial charge is 0.384 e. The van der Waals surface area contributed by atoms with Gasteiger partial charge in [0.25, 0.3) is 0 Å². The second kappa shape index (κ2) is 4.24. The van der Waals surface area contributed by atoms with Crippen molar-refractivity contribution in [2.45, 2.75) is 0 Å².